The van der Waals surface area contributed by atoms with Gasteiger partial charge < -0.3 is 5.32 Å². The minimum absolute atomic E-state index is 0.145. The largest absolute Gasteiger partial charge is 0.319 e. The van der Waals surface area contributed by atoms with E-state index in [9.17, 15) is 4.79 Å². The molecule has 3 aromatic rings. The molecule has 5 nitrogen and oxygen atoms in total. The number of anilines is 1. The lowest BCUT2D eigenvalue weighted by atomic mass is 10.0. The van der Waals surface area contributed by atoms with Crippen LogP contribution in [0.25, 0.3) is 5.69 Å². The summed E-state index contributed by atoms with van der Waals surface area (Å²) in [6, 6.07) is 15.6. The molecule has 0 saturated heterocycles. The van der Waals surface area contributed by atoms with Crippen LogP contribution in [0.4, 0.5) is 5.69 Å². The van der Waals surface area contributed by atoms with Gasteiger partial charge in [0.2, 0.25) is 5.82 Å². The van der Waals surface area contributed by atoms with Gasteiger partial charge in [-0.15, -0.1) is 5.10 Å². The highest BCUT2D eigenvalue weighted by Crippen LogP contribution is 2.17. The summed E-state index contributed by atoms with van der Waals surface area (Å²) in [6.07, 6.45) is 1.55. The Bertz CT molecular complexity index is 850. The monoisotopic (exact) mass is 320 g/mol. The molecule has 0 aliphatic carbocycles. The van der Waals surface area contributed by atoms with E-state index >= 15 is 0 Å². The van der Waals surface area contributed by atoms with E-state index < -0.39 is 0 Å². The van der Waals surface area contributed by atoms with Gasteiger partial charge in [-0.1, -0.05) is 44.2 Å². The molecule has 2 aromatic carbocycles. The van der Waals surface area contributed by atoms with Gasteiger partial charge in [-0.3, -0.25) is 4.79 Å². The molecule has 1 N–H and O–H groups in total. The number of carbonyl (C=O) groups is 1. The van der Waals surface area contributed by atoms with Crippen LogP contribution in [0.2, 0.25) is 0 Å². The van der Waals surface area contributed by atoms with E-state index in [1.807, 2.05) is 55.5 Å². The van der Waals surface area contributed by atoms with E-state index in [4.69, 9.17) is 0 Å². The van der Waals surface area contributed by atoms with Crippen molar-refractivity contribution in [3.8, 4) is 5.69 Å². The van der Waals surface area contributed by atoms with E-state index in [0.29, 0.717) is 5.92 Å². The number of benzene rings is 2. The Hall–Kier alpha value is -2.95. The molecule has 0 fully saturated rings. The number of amides is 1. The third kappa shape index (κ3) is 3.35. The molecule has 0 saturated carbocycles. The van der Waals surface area contributed by atoms with Crippen molar-refractivity contribution in [3.63, 3.8) is 0 Å². The number of aromatic nitrogens is 3. The average molecular weight is 320 g/mol. The standard InChI is InChI=1S/C19H20N4O/c1-13(2)15-8-10-16(11-9-15)21-19(24)18-20-12-23(22-18)17-7-5-4-6-14(17)3/h4-13H,1-3H3,(H,21,24). The molecule has 5 heteroatoms. The first-order chi connectivity index (χ1) is 11.5. The maximum Gasteiger partial charge on any atom is 0.295 e. The molecule has 122 valence electrons. The Labute approximate surface area is 141 Å². The smallest absolute Gasteiger partial charge is 0.295 e. The number of rotatable bonds is 4. The lowest BCUT2D eigenvalue weighted by molar-refractivity contribution is 0.101. The predicted octanol–water partition coefficient (Wildman–Crippen LogP) is 3.95. The molecule has 0 atom stereocenters. The van der Waals surface area contributed by atoms with Gasteiger partial charge in [-0.05, 0) is 42.2 Å². The quantitative estimate of drug-likeness (QED) is 0.792. The highest BCUT2D eigenvalue weighted by Gasteiger charge is 2.13. The van der Waals surface area contributed by atoms with E-state index in [2.05, 4.69) is 29.2 Å². The number of para-hydroxylation sites is 1. The van der Waals surface area contributed by atoms with Crippen LogP contribution in [-0.2, 0) is 0 Å². The topological polar surface area (TPSA) is 59.8 Å². The first-order valence-electron chi connectivity index (χ1n) is 7.93. The Morgan fingerprint density at radius 1 is 1.08 bits per heavy atom. The second-order valence-corrected chi connectivity index (χ2v) is 6.03. The maximum absolute atomic E-state index is 12.3. The fourth-order valence-electron chi connectivity index (χ4n) is 2.44. The minimum atomic E-state index is -0.320. The molecule has 0 aliphatic rings. The SMILES string of the molecule is Cc1ccccc1-n1cnc(C(=O)Nc2ccc(C(C)C)cc2)n1. The highest BCUT2D eigenvalue weighted by molar-refractivity contribution is 6.01. The lowest BCUT2D eigenvalue weighted by Crippen LogP contribution is -2.14. The molecule has 3 rings (SSSR count). The van der Waals surface area contributed by atoms with Crippen molar-refractivity contribution in [2.24, 2.45) is 0 Å². The van der Waals surface area contributed by atoms with Crippen LogP contribution in [0.5, 0.6) is 0 Å². The van der Waals surface area contributed by atoms with Gasteiger partial charge in [0, 0.05) is 5.69 Å². The van der Waals surface area contributed by atoms with Crippen molar-refractivity contribution >= 4 is 11.6 Å². The fraction of sp³-hybridized carbons (Fsp3) is 0.211. The molecule has 1 heterocycles. The van der Waals surface area contributed by atoms with Crippen LogP contribution >= 0.6 is 0 Å². The summed E-state index contributed by atoms with van der Waals surface area (Å²) in [7, 11) is 0. The Morgan fingerprint density at radius 3 is 2.46 bits per heavy atom. The van der Waals surface area contributed by atoms with Gasteiger partial charge in [0.25, 0.3) is 5.91 Å². The van der Waals surface area contributed by atoms with Gasteiger partial charge in [0.15, 0.2) is 0 Å². The summed E-state index contributed by atoms with van der Waals surface area (Å²) < 4.78 is 1.62. The number of hydrogen-bond donors (Lipinski definition) is 1. The lowest BCUT2D eigenvalue weighted by Gasteiger charge is -2.07. The molecule has 1 aromatic heterocycles. The summed E-state index contributed by atoms with van der Waals surface area (Å²) in [4.78, 5) is 16.4. The summed E-state index contributed by atoms with van der Waals surface area (Å²) in [5.41, 5.74) is 3.94. The van der Waals surface area contributed by atoms with Gasteiger partial charge in [0.05, 0.1) is 5.69 Å². The number of aryl methyl sites for hydroxylation is 1. The molecule has 0 bridgehead atoms. The Kier molecular flexibility index (Phi) is 4.42. The predicted molar refractivity (Wildman–Crippen MR) is 94.6 cm³/mol. The van der Waals surface area contributed by atoms with Gasteiger partial charge in [-0.25, -0.2) is 9.67 Å². The normalized spacial score (nSPS) is 10.8. The zero-order valence-corrected chi connectivity index (χ0v) is 14.0. The Morgan fingerprint density at radius 2 is 1.79 bits per heavy atom. The van der Waals surface area contributed by atoms with Gasteiger partial charge in [-0.2, -0.15) is 0 Å². The van der Waals surface area contributed by atoms with Crippen LogP contribution in [0.15, 0.2) is 54.9 Å². The third-order valence-corrected chi connectivity index (χ3v) is 3.89. The first kappa shape index (κ1) is 15.9. The fourth-order valence-corrected chi connectivity index (χ4v) is 2.44. The second kappa shape index (κ2) is 6.66. The van der Waals surface area contributed by atoms with Gasteiger partial charge in [0.1, 0.15) is 6.33 Å². The number of nitrogens with one attached hydrogen (secondary N) is 1. The zero-order chi connectivity index (χ0) is 17.1. The third-order valence-electron chi connectivity index (χ3n) is 3.89. The second-order valence-electron chi connectivity index (χ2n) is 6.03. The van der Waals surface area contributed by atoms with Crippen LogP contribution in [0, 0.1) is 6.92 Å². The molecule has 24 heavy (non-hydrogen) atoms. The average Bonchev–Trinajstić information content (AvgIpc) is 3.05. The molecular weight excluding hydrogens is 300 g/mol. The van der Waals surface area contributed by atoms with Crippen LogP contribution in [0.3, 0.4) is 0 Å². The van der Waals surface area contributed by atoms with Crippen molar-refractivity contribution in [1.82, 2.24) is 14.8 Å². The summed E-state index contributed by atoms with van der Waals surface area (Å²) in [5.74, 6) is 0.284. The molecule has 0 aliphatic heterocycles. The number of hydrogen-bond acceptors (Lipinski definition) is 3. The van der Waals surface area contributed by atoms with Crippen molar-refractivity contribution in [3.05, 3.63) is 71.8 Å². The summed E-state index contributed by atoms with van der Waals surface area (Å²) >= 11 is 0. The van der Waals surface area contributed by atoms with E-state index in [-0.39, 0.29) is 11.7 Å². The van der Waals surface area contributed by atoms with E-state index in [1.165, 1.54) is 5.56 Å². The molecule has 0 unspecified atom stereocenters. The van der Waals surface area contributed by atoms with Crippen molar-refractivity contribution < 1.29 is 4.79 Å². The van der Waals surface area contributed by atoms with E-state index in [0.717, 1.165) is 16.9 Å². The van der Waals surface area contributed by atoms with Crippen molar-refractivity contribution in [2.45, 2.75) is 26.7 Å². The highest BCUT2D eigenvalue weighted by atomic mass is 16.2. The summed E-state index contributed by atoms with van der Waals surface area (Å²) in [6.45, 7) is 6.26. The Balaban J connectivity index is 1.75. The van der Waals surface area contributed by atoms with Gasteiger partial charge >= 0.3 is 0 Å². The maximum atomic E-state index is 12.3. The van der Waals surface area contributed by atoms with Crippen LogP contribution in [-0.4, -0.2) is 20.7 Å². The molecule has 1 amide bonds. The van der Waals surface area contributed by atoms with Crippen LogP contribution < -0.4 is 5.32 Å². The first-order valence-corrected chi connectivity index (χ1v) is 7.93. The molecule has 0 radical (unpaired) electrons. The number of nitrogens with zero attached hydrogens (tertiary/aromatic N) is 3. The molecular formula is C19H20N4O. The van der Waals surface area contributed by atoms with Crippen LogP contribution in [0.1, 0.15) is 41.5 Å². The molecule has 0 spiro atoms. The minimum Gasteiger partial charge on any atom is -0.319 e. The van der Waals surface area contributed by atoms with Crippen molar-refractivity contribution in [2.75, 3.05) is 5.32 Å². The van der Waals surface area contributed by atoms with E-state index in [1.54, 1.807) is 11.0 Å². The summed E-state index contributed by atoms with van der Waals surface area (Å²) in [5, 5.41) is 7.10. The zero-order valence-electron chi connectivity index (χ0n) is 14.0. The number of carbonyl (C=O) groups excluding carboxylic acids is 1. The van der Waals surface area contributed by atoms with Crippen molar-refractivity contribution in [1.29, 1.82) is 0 Å².